The van der Waals surface area contributed by atoms with E-state index in [2.05, 4.69) is 17.1 Å². The van der Waals surface area contributed by atoms with E-state index in [9.17, 15) is 0 Å². The predicted molar refractivity (Wildman–Crippen MR) is 72.9 cm³/mol. The highest BCUT2D eigenvalue weighted by Crippen LogP contribution is 2.21. The number of rotatable bonds is 5. The maximum atomic E-state index is 6.06. The maximum Gasteiger partial charge on any atom is 0.0594 e. The van der Waals surface area contributed by atoms with Crippen molar-refractivity contribution >= 4 is 22.9 Å². The Morgan fingerprint density at radius 2 is 2.29 bits per heavy atom. The van der Waals surface area contributed by atoms with E-state index in [-0.39, 0.29) is 0 Å². The van der Waals surface area contributed by atoms with Gasteiger partial charge < -0.3 is 10.1 Å². The second-order valence-electron chi connectivity index (χ2n) is 4.39. The van der Waals surface area contributed by atoms with Crippen LogP contribution in [-0.2, 0) is 11.3 Å². The SMILES string of the molecule is CC(CN1CCOCC1)NCc1sccc1Cl. The fraction of sp³-hybridized carbons (Fsp3) is 0.667. The lowest BCUT2D eigenvalue weighted by molar-refractivity contribution is 0.0343. The third-order valence-electron chi connectivity index (χ3n) is 2.94. The van der Waals surface area contributed by atoms with Gasteiger partial charge in [0.1, 0.15) is 0 Å². The molecule has 5 heteroatoms. The average Bonchev–Trinajstić information content (AvgIpc) is 2.74. The average molecular weight is 275 g/mol. The molecule has 1 aromatic heterocycles. The van der Waals surface area contributed by atoms with Crippen LogP contribution in [0.4, 0.5) is 0 Å². The molecule has 0 bridgehead atoms. The van der Waals surface area contributed by atoms with E-state index in [1.165, 1.54) is 4.88 Å². The quantitative estimate of drug-likeness (QED) is 0.891. The zero-order valence-electron chi connectivity index (χ0n) is 10.1. The zero-order chi connectivity index (χ0) is 12.1. The number of nitrogens with zero attached hydrogens (tertiary/aromatic N) is 1. The molecule has 1 unspecified atom stereocenters. The fourth-order valence-corrected chi connectivity index (χ4v) is 3.01. The first kappa shape index (κ1) is 13.3. The summed E-state index contributed by atoms with van der Waals surface area (Å²) < 4.78 is 5.34. The van der Waals surface area contributed by atoms with Crippen LogP contribution in [0.3, 0.4) is 0 Å². The van der Waals surface area contributed by atoms with Crippen molar-refractivity contribution in [2.75, 3.05) is 32.8 Å². The van der Waals surface area contributed by atoms with Gasteiger partial charge in [-0.2, -0.15) is 0 Å². The minimum Gasteiger partial charge on any atom is -0.379 e. The highest BCUT2D eigenvalue weighted by molar-refractivity contribution is 7.10. The van der Waals surface area contributed by atoms with Gasteiger partial charge in [0.05, 0.1) is 18.2 Å². The lowest BCUT2D eigenvalue weighted by atomic mass is 10.3. The number of ether oxygens (including phenoxy) is 1. The van der Waals surface area contributed by atoms with Gasteiger partial charge in [-0.3, -0.25) is 4.90 Å². The van der Waals surface area contributed by atoms with Crippen molar-refractivity contribution < 1.29 is 4.74 Å². The molecule has 3 nitrogen and oxygen atoms in total. The molecule has 1 N–H and O–H groups in total. The highest BCUT2D eigenvalue weighted by Gasteiger charge is 2.13. The summed E-state index contributed by atoms with van der Waals surface area (Å²) in [5.74, 6) is 0. The van der Waals surface area contributed by atoms with Crippen molar-refractivity contribution in [2.24, 2.45) is 0 Å². The Morgan fingerprint density at radius 1 is 1.53 bits per heavy atom. The van der Waals surface area contributed by atoms with Gasteiger partial charge >= 0.3 is 0 Å². The molecule has 2 rings (SSSR count). The van der Waals surface area contributed by atoms with Crippen molar-refractivity contribution in [3.8, 4) is 0 Å². The largest absolute Gasteiger partial charge is 0.379 e. The molecule has 1 aliphatic rings. The summed E-state index contributed by atoms with van der Waals surface area (Å²) in [4.78, 5) is 3.66. The first-order chi connectivity index (χ1) is 8.25. The van der Waals surface area contributed by atoms with Crippen LogP contribution in [-0.4, -0.2) is 43.8 Å². The van der Waals surface area contributed by atoms with Crippen LogP contribution in [0.15, 0.2) is 11.4 Å². The van der Waals surface area contributed by atoms with E-state index in [1.807, 2.05) is 11.4 Å². The summed E-state index contributed by atoms with van der Waals surface area (Å²) in [6, 6.07) is 2.43. The molecule has 1 aromatic rings. The second kappa shape index (κ2) is 6.71. The number of halogens is 1. The Labute approximate surface area is 112 Å². The van der Waals surface area contributed by atoms with Gasteiger partial charge in [-0.05, 0) is 18.4 Å². The van der Waals surface area contributed by atoms with E-state index < -0.39 is 0 Å². The van der Waals surface area contributed by atoms with Crippen molar-refractivity contribution in [2.45, 2.75) is 19.5 Å². The summed E-state index contributed by atoms with van der Waals surface area (Å²) in [5, 5.41) is 6.43. The summed E-state index contributed by atoms with van der Waals surface area (Å²) in [6.07, 6.45) is 0. The molecular weight excluding hydrogens is 256 g/mol. The molecule has 0 amide bonds. The fourth-order valence-electron chi connectivity index (χ4n) is 1.95. The van der Waals surface area contributed by atoms with E-state index in [4.69, 9.17) is 16.3 Å². The molecule has 1 fully saturated rings. The standard InChI is InChI=1S/C12H19ClN2OS/c1-10(9-15-3-5-16-6-4-15)14-8-12-11(13)2-7-17-12/h2,7,10,14H,3-6,8-9H2,1H3. The number of morpholine rings is 1. The Hall–Kier alpha value is -0.130. The molecule has 0 aromatic carbocycles. The van der Waals surface area contributed by atoms with Crippen molar-refractivity contribution in [1.82, 2.24) is 10.2 Å². The number of nitrogens with one attached hydrogen (secondary N) is 1. The van der Waals surface area contributed by atoms with Crippen molar-refractivity contribution in [3.05, 3.63) is 21.3 Å². The van der Waals surface area contributed by atoms with Gasteiger partial charge in [-0.1, -0.05) is 11.6 Å². The van der Waals surface area contributed by atoms with E-state index >= 15 is 0 Å². The van der Waals surface area contributed by atoms with Gasteiger partial charge in [0.25, 0.3) is 0 Å². The molecule has 17 heavy (non-hydrogen) atoms. The van der Waals surface area contributed by atoms with Gasteiger partial charge in [-0.15, -0.1) is 11.3 Å². The monoisotopic (exact) mass is 274 g/mol. The zero-order valence-corrected chi connectivity index (χ0v) is 11.7. The molecule has 0 spiro atoms. The van der Waals surface area contributed by atoms with Crippen molar-refractivity contribution in [3.63, 3.8) is 0 Å². The van der Waals surface area contributed by atoms with Crippen LogP contribution in [0.1, 0.15) is 11.8 Å². The predicted octanol–water partition coefficient (Wildman–Crippen LogP) is 2.21. The van der Waals surface area contributed by atoms with Crippen LogP contribution >= 0.6 is 22.9 Å². The first-order valence-electron chi connectivity index (χ1n) is 6.01. The van der Waals surface area contributed by atoms with Gasteiger partial charge in [-0.25, -0.2) is 0 Å². The topological polar surface area (TPSA) is 24.5 Å². The van der Waals surface area contributed by atoms with Crippen LogP contribution in [0.5, 0.6) is 0 Å². The lowest BCUT2D eigenvalue weighted by Gasteiger charge is -2.29. The Kier molecular flexibility index (Phi) is 5.25. The molecule has 1 atom stereocenters. The summed E-state index contributed by atoms with van der Waals surface area (Å²) >= 11 is 7.77. The van der Waals surface area contributed by atoms with Crippen LogP contribution in [0.25, 0.3) is 0 Å². The molecule has 0 radical (unpaired) electrons. The van der Waals surface area contributed by atoms with Gasteiger partial charge in [0, 0.05) is 37.1 Å². The van der Waals surface area contributed by atoms with Gasteiger partial charge in [0.15, 0.2) is 0 Å². The normalized spacial score (nSPS) is 19.4. The molecule has 1 saturated heterocycles. The third kappa shape index (κ3) is 4.23. The van der Waals surface area contributed by atoms with Crippen molar-refractivity contribution in [1.29, 1.82) is 0 Å². The summed E-state index contributed by atoms with van der Waals surface area (Å²) in [7, 11) is 0. The lowest BCUT2D eigenvalue weighted by Crippen LogP contribution is -2.44. The minimum atomic E-state index is 0.478. The molecule has 1 aliphatic heterocycles. The van der Waals surface area contributed by atoms with Gasteiger partial charge in [0.2, 0.25) is 0 Å². The molecule has 2 heterocycles. The summed E-state index contributed by atoms with van der Waals surface area (Å²) in [5.41, 5.74) is 0. The molecule has 0 aliphatic carbocycles. The van der Waals surface area contributed by atoms with Crippen LogP contribution in [0, 0.1) is 0 Å². The maximum absolute atomic E-state index is 6.06. The number of thiophene rings is 1. The summed E-state index contributed by atoms with van der Waals surface area (Å²) in [6.45, 7) is 7.98. The second-order valence-corrected chi connectivity index (χ2v) is 5.79. The third-order valence-corrected chi connectivity index (χ3v) is 4.32. The highest BCUT2D eigenvalue weighted by atomic mass is 35.5. The number of hydrogen-bond donors (Lipinski definition) is 1. The first-order valence-corrected chi connectivity index (χ1v) is 7.27. The van der Waals surface area contributed by atoms with Crippen LogP contribution < -0.4 is 5.32 Å². The van der Waals surface area contributed by atoms with E-state index in [1.54, 1.807) is 11.3 Å². The van der Waals surface area contributed by atoms with E-state index in [0.29, 0.717) is 6.04 Å². The Morgan fingerprint density at radius 3 is 2.94 bits per heavy atom. The molecule has 0 saturated carbocycles. The molecule has 96 valence electrons. The van der Waals surface area contributed by atoms with Crippen LogP contribution in [0.2, 0.25) is 5.02 Å². The van der Waals surface area contributed by atoms with E-state index in [0.717, 1.165) is 44.4 Å². The molecular formula is C12H19ClN2OS. The smallest absolute Gasteiger partial charge is 0.0594 e. The Balaban J connectivity index is 1.70. The Bertz CT molecular complexity index is 339. The minimum absolute atomic E-state index is 0.478. The number of hydrogen-bond acceptors (Lipinski definition) is 4.